The van der Waals surface area contributed by atoms with E-state index in [9.17, 15) is 9.59 Å². The number of aryl methyl sites for hydroxylation is 1. The molecule has 1 aliphatic rings. The molecule has 1 fully saturated rings. The Morgan fingerprint density at radius 3 is 2.67 bits per heavy atom. The number of fused-ring (bicyclic) bond motifs is 3. The number of carbonyl (C=O) groups excluding carboxylic acids is 1. The van der Waals surface area contributed by atoms with E-state index in [1.807, 2.05) is 60.0 Å². The van der Waals surface area contributed by atoms with Crippen LogP contribution in [0.1, 0.15) is 49.3 Å². The van der Waals surface area contributed by atoms with E-state index in [1.54, 1.807) is 0 Å². The third kappa shape index (κ3) is 4.70. The number of thioether (sulfide) groups is 1. The molecule has 1 N–H and O–H groups in total. The van der Waals surface area contributed by atoms with Crippen LogP contribution in [0.2, 0.25) is 0 Å². The van der Waals surface area contributed by atoms with Gasteiger partial charge in [0.25, 0.3) is 5.56 Å². The van der Waals surface area contributed by atoms with Crippen molar-refractivity contribution in [3.05, 3.63) is 70.0 Å². The summed E-state index contributed by atoms with van der Waals surface area (Å²) in [6, 6.07) is 16.3. The Morgan fingerprint density at radius 1 is 1.12 bits per heavy atom. The van der Waals surface area contributed by atoms with Gasteiger partial charge in [-0.15, -0.1) is 11.3 Å². The highest BCUT2D eigenvalue weighted by atomic mass is 32.2. The number of hydrogen-bond acceptors (Lipinski definition) is 5. The number of benzene rings is 2. The van der Waals surface area contributed by atoms with Gasteiger partial charge in [-0.1, -0.05) is 79.1 Å². The van der Waals surface area contributed by atoms with E-state index < -0.39 is 0 Å². The van der Waals surface area contributed by atoms with Crippen LogP contribution in [0.15, 0.2) is 58.5 Å². The largest absolute Gasteiger partial charge is 0.351 e. The molecule has 5 rings (SSSR count). The summed E-state index contributed by atoms with van der Waals surface area (Å²) in [5.74, 6) is 0.179. The summed E-state index contributed by atoms with van der Waals surface area (Å²) in [7, 11) is 0. The van der Waals surface area contributed by atoms with Gasteiger partial charge < -0.3 is 5.32 Å². The van der Waals surface area contributed by atoms with Crippen LogP contribution in [0.4, 0.5) is 0 Å². The lowest BCUT2D eigenvalue weighted by Gasteiger charge is -2.25. The van der Waals surface area contributed by atoms with Gasteiger partial charge in [0, 0.05) is 22.7 Å². The second-order valence-electron chi connectivity index (χ2n) is 8.69. The normalized spacial score (nSPS) is 14.7. The molecule has 7 heteroatoms. The van der Waals surface area contributed by atoms with Crippen molar-refractivity contribution in [2.45, 2.75) is 56.8 Å². The highest BCUT2D eigenvalue weighted by Gasteiger charge is 2.24. The molecule has 0 saturated heterocycles. The Kier molecular flexibility index (Phi) is 6.51. The molecule has 33 heavy (non-hydrogen) atoms. The summed E-state index contributed by atoms with van der Waals surface area (Å²) in [4.78, 5) is 31.2. The molecule has 2 aromatic heterocycles. The molecule has 170 valence electrons. The maximum Gasteiger partial charge on any atom is 0.272 e. The van der Waals surface area contributed by atoms with Crippen LogP contribution >= 0.6 is 23.1 Å². The first kappa shape index (κ1) is 22.2. The van der Waals surface area contributed by atoms with E-state index in [0.29, 0.717) is 11.7 Å². The second-order valence-corrected chi connectivity index (χ2v) is 10.7. The van der Waals surface area contributed by atoms with Crippen LogP contribution < -0.4 is 10.9 Å². The van der Waals surface area contributed by atoms with E-state index in [1.165, 1.54) is 35.1 Å². The Labute approximate surface area is 201 Å². The van der Waals surface area contributed by atoms with Gasteiger partial charge in [-0.05, 0) is 31.4 Å². The van der Waals surface area contributed by atoms with Crippen molar-refractivity contribution >= 4 is 49.3 Å². The van der Waals surface area contributed by atoms with Crippen molar-refractivity contribution < 1.29 is 4.79 Å². The zero-order chi connectivity index (χ0) is 22.8. The SMILES string of the molecule is Cc1ccc(CNC(=O)CSc2nc3c(sc4ccccc43)c(=O)n2C2CCCCC2)cc1. The molecule has 0 spiro atoms. The molecule has 1 aliphatic carbocycles. The molecule has 1 amide bonds. The van der Waals surface area contributed by atoms with Crippen LogP contribution in [0.25, 0.3) is 20.3 Å². The van der Waals surface area contributed by atoms with Crippen LogP contribution in [-0.2, 0) is 11.3 Å². The van der Waals surface area contributed by atoms with Gasteiger partial charge in [-0.3, -0.25) is 14.2 Å². The molecule has 0 atom stereocenters. The lowest BCUT2D eigenvalue weighted by molar-refractivity contribution is -0.118. The Balaban J connectivity index is 1.42. The lowest BCUT2D eigenvalue weighted by atomic mass is 9.95. The summed E-state index contributed by atoms with van der Waals surface area (Å²) in [6.07, 6.45) is 5.45. The minimum Gasteiger partial charge on any atom is -0.351 e. The molecule has 4 aromatic rings. The van der Waals surface area contributed by atoms with Gasteiger partial charge in [0.1, 0.15) is 4.70 Å². The van der Waals surface area contributed by atoms with Crippen LogP contribution in [0.3, 0.4) is 0 Å². The first-order chi connectivity index (χ1) is 16.1. The predicted molar refractivity (Wildman–Crippen MR) is 137 cm³/mol. The lowest BCUT2D eigenvalue weighted by Crippen LogP contribution is -2.29. The highest BCUT2D eigenvalue weighted by Crippen LogP contribution is 2.35. The van der Waals surface area contributed by atoms with E-state index >= 15 is 0 Å². The summed E-state index contributed by atoms with van der Waals surface area (Å²) in [6.45, 7) is 2.54. The van der Waals surface area contributed by atoms with Gasteiger partial charge in [-0.2, -0.15) is 0 Å². The summed E-state index contributed by atoms with van der Waals surface area (Å²) >= 11 is 2.89. The van der Waals surface area contributed by atoms with Gasteiger partial charge in [-0.25, -0.2) is 4.98 Å². The molecule has 1 saturated carbocycles. The summed E-state index contributed by atoms with van der Waals surface area (Å²) < 4.78 is 3.68. The van der Waals surface area contributed by atoms with Crippen molar-refractivity contribution in [3.8, 4) is 0 Å². The number of hydrogen-bond donors (Lipinski definition) is 1. The molecule has 2 heterocycles. The van der Waals surface area contributed by atoms with Gasteiger partial charge in [0.2, 0.25) is 5.91 Å². The van der Waals surface area contributed by atoms with Gasteiger partial charge in [0.15, 0.2) is 5.16 Å². The summed E-state index contributed by atoms with van der Waals surface area (Å²) in [5.41, 5.74) is 3.07. The fourth-order valence-corrected chi connectivity index (χ4v) is 6.45. The topological polar surface area (TPSA) is 64.0 Å². The van der Waals surface area contributed by atoms with E-state index in [2.05, 4.69) is 5.32 Å². The zero-order valence-corrected chi connectivity index (χ0v) is 20.3. The molecule has 0 aliphatic heterocycles. The number of rotatable bonds is 6. The number of nitrogens with one attached hydrogen (secondary N) is 1. The highest BCUT2D eigenvalue weighted by molar-refractivity contribution is 7.99. The van der Waals surface area contributed by atoms with Crippen LogP contribution in [0, 0.1) is 6.92 Å². The number of nitrogens with zero attached hydrogens (tertiary/aromatic N) is 2. The first-order valence-corrected chi connectivity index (χ1v) is 13.3. The van der Waals surface area contributed by atoms with Crippen molar-refractivity contribution in [3.63, 3.8) is 0 Å². The van der Waals surface area contributed by atoms with E-state index in [-0.39, 0.29) is 23.3 Å². The molecule has 5 nitrogen and oxygen atoms in total. The van der Waals surface area contributed by atoms with Crippen LogP contribution in [0.5, 0.6) is 0 Å². The van der Waals surface area contributed by atoms with Crippen molar-refractivity contribution in [2.75, 3.05) is 5.75 Å². The van der Waals surface area contributed by atoms with Crippen LogP contribution in [-0.4, -0.2) is 21.2 Å². The third-order valence-electron chi connectivity index (χ3n) is 6.28. The quantitative estimate of drug-likeness (QED) is 0.280. The predicted octanol–water partition coefficient (Wildman–Crippen LogP) is 5.83. The fraction of sp³-hybridized carbons (Fsp3) is 0.346. The molecule has 0 unspecified atom stereocenters. The fourth-order valence-electron chi connectivity index (χ4n) is 4.48. The Hall–Kier alpha value is -2.64. The second kappa shape index (κ2) is 9.69. The van der Waals surface area contributed by atoms with E-state index in [0.717, 1.165) is 51.5 Å². The molecular formula is C26H27N3O2S2. The van der Waals surface area contributed by atoms with Gasteiger partial charge >= 0.3 is 0 Å². The molecular weight excluding hydrogens is 450 g/mol. The average molecular weight is 478 g/mol. The van der Waals surface area contributed by atoms with Crippen molar-refractivity contribution in [2.24, 2.45) is 0 Å². The number of amides is 1. The number of carbonyl (C=O) groups is 1. The minimum atomic E-state index is -0.0553. The number of aromatic nitrogens is 2. The van der Waals surface area contributed by atoms with Gasteiger partial charge in [0.05, 0.1) is 11.3 Å². The van der Waals surface area contributed by atoms with Crippen molar-refractivity contribution in [1.29, 1.82) is 0 Å². The average Bonchev–Trinajstić information content (AvgIpc) is 3.22. The number of thiophene rings is 1. The molecule has 0 bridgehead atoms. The monoisotopic (exact) mass is 477 g/mol. The van der Waals surface area contributed by atoms with Crippen molar-refractivity contribution in [1.82, 2.24) is 14.9 Å². The standard InChI is InChI=1S/C26H27N3O2S2/c1-17-11-13-18(14-12-17)15-27-22(30)16-32-26-28-23-20-9-5-6-10-21(20)33-24(23)25(31)29(26)19-7-3-2-4-8-19/h5-6,9-14,19H,2-4,7-8,15-16H2,1H3,(H,27,30). The zero-order valence-electron chi connectivity index (χ0n) is 18.7. The van der Waals surface area contributed by atoms with E-state index in [4.69, 9.17) is 4.98 Å². The maximum absolute atomic E-state index is 13.6. The Morgan fingerprint density at radius 2 is 1.88 bits per heavy atom. The molecule has 0 radical (unpaired) electrons. The minimum absolute atomic E-state index is 0.0377. The maximum atomic E-state index is 13.6. The smallest absolute Gasteiger partial charge is 0.272 e. The molecule has 2 aromatic carbocycles. The Bertz CT molecular complexity index is 1350. The third-order valence-corrected chi connectivity index (χ3v) is 8.38. The summed E-state index contributed by atoms with van der Waals surface area (Å²) in [5, 5.41) is 4.66. The first-order valence-electron chi connectivity index (χ1n) is 11.5.